The molecule has 28 heavy (non-hydrogen) atoms. The van der Waals surface area contributed by atoms with Gasteiger partial charge in [0.25, 0.3) is 0 Å². The Morgan fingerprint density at radius 1 is 1.21 bits per heavy atom. The average molecular weight is 407 g/mol. The summed E-state index contributed by atoms with van der Waals surface area (Å²) < 4.78 is 29.7. The van der Waals surface area contributed by atoms with Gasteiger partial charge < -0.3 is 9.47 Å². The summed E-state index contributed by atoms with van der Waals surface area (Å²) in [4.78, 5) is 18.7. The fourth-order valence-electron chi connectivity index (χ4n) is 3.83. The van der Waals surface area contributed by atoms with Crippen molar-refractivity contribution in [2.75, 3.05) is 18.8 Å². The highest BCUT2D eigenvalue weighted by Gasteiger charge is 2.28. The van der Waals surface area contributed by atoms with Crippen molar-refractivity contribution < 1.29 is 13.2 Å². The Balaban J connectivity index is 1.50. The number of likely N-dealkylation sites (tertiary alicyclic amines) is 1. The number of carbonyl (C=O) groups excluding carboxylic acids is 1. The number of aromatic nitrogens is 2. The van der Waals surface area contributed by atoms with Crippen LogP contribution in [0.1, 0.15) is 39.5 Å². The van der Waals surface area contributed by atoms with E-state index in [1.807, 2.05) is 47.6 Å². The number of hydrogen-bond donors (Lipinski definition) is 1. The zero-order chi connectivity index (χ0) is 20.1. The molecule has 3 rings (SSSR count). The Morgan fingerprint density at radius 3 is 2.57 bits per heavy atom. The molecule has 2 heterocycles. The van der Waals surface area contributed by atoms with Crippen LogP contribution < -0.4 is 4.72 Å². The maximum absolute atomic E-state index is 12.5. The van der Waals surface area contributed by atoms with Crippen molar-refractivity contribution in [3.63, 3.8) is 0 Å². The molecule has 1 aliphatic heterocycles. The highest BCUT2D eigenvalue weighted by molar-refractivity contribution is 7.89. The third-order valence-corrected chi connectivity index (χ3v) is 7.03. The molecule has 1 fully saturated rings. The molecule has 0 aliphatic carbocycles. The van der Waals surface area contributed by atoms with Gasteiger partial charge in [-0.3, -0.25) is 4.79 Å². The predicted molar refractivity (Wildman–Crippen MR) is 110 cm³/mol. The Kier molecular flexibility index (Phi) is 6.72. The lowest BCUT2D eigenvalue weighted by Gasteiger charge is -2.34. The van der Waals surface area contributed by atoms with Crippen LogP contribution in [0.25, 0.3) is 11.0 Å². The second kappa shape index (κ2) is 9.05. The molecule has 8 heteroatoms. The van der Waals surface area contributed by atoms with E-state index in [1.54, 1.807) is 6.33 Å². The summed E-state index contributed by atoms with van der Waals surface area (Å²) in [6.45, 7) is 5.68. The van der Waals surface area contributed by atoms with Crippen molar-refractivity contribution >= 4 is 27.0 Å². The van der Waals surface area contributed by atoms with Gasteiger partial charge in [-0.25, -0.2) is 18.1 Å². The van der Waals surface area contributed by atoms with E-state index in [4.69, 9.17) is 0 Å². The molecule has 0 unspecified atom stereocenters. The minimum absolute atomic E-state index is 0.0141. The summed E-state index contributed by atoms with van der Waals surface area (Å²) in [5.74, 6) is 0.303. The van der Waals surface area contributed by atoms with Crippen molar-refractivity contribution in [1.29, 1.82) is 0 Å². The summed E-state index contributed by atoms with van der Waals surface area (Å²) in [6, 6.07) is 7.59. The quantitative estimate of drug-likeness (QED) is 0.729. The molecule has 0 saturated carbocycles. The molecule has 1 aromatic heterocycles. The average Bonchev–Trinajstić information content (AvgIpc) is 3.11. The van der Waals surface area contributed by atoms with Gasteiger partial charge in [-0.1, -0.05) is 26.0 Å². The standard InChI is InChI=1S/C20H30N4O3S/c1-3-16(4-2)20(25)23-11-9-17(10-12-23)22-28(26,27)14-13-24-15-21-18-7-5-6-8-19(18)24/h5-8,15-17,22H,3-4,9-14H2,1-2H3. The molecule has 1 saturated heterocycles. The Hall–Kier alpha value is -1.93. The van der Waals surface area contributed by atoms with Crippen molar-refractivity contribution in [2.45, 2.75) is 52.1 Å². The van der Waals surface area contributed by atoms with E-state index in [2.05, 4.69) is 9.71 Å². The van der Waals surface area contributed by atoms with E-state index < -0.39 is 10.0 Å². The molecule has 2 aromatic rings. The molecule has 1 aliphatic rings. The normalized spacial score (nSPS) is 16.2. The third-order valence-electron chi connectivity index (χ3n) is 5.62. The van der Waals surface area contributed by atoms with Crippen LogP contribution in [0.2, 0.25) is 0 Å². The predicted octanol–water partition coefficient (Wildman–Crippen LogP) is 2.38. The van der Waals surface area contributed by atoms with Gasteiger partial charge in [0.15, 0.2) is 0 Å². The maximum Gasteiger partial charge on any atom is 0.225 e. The number of benzene rings is 1. The van der Waals surface area contributed by atoms with Gasteiger partial charge >= 0.3 is 0 Å². The minimum atomic E-state index is -3.39. The molecule has 0 radical (unpaired) electrons. The largest absolute Gasteiger partial charge is 0.342 e. The minimum Gasteiger partial charge on any atom is -0.342 e. The fraction of sp³-hybridized carbons (Fsp3) is 0.600. The van der Waals surface area contributed by atoms with Crippen molar-refractivity contribution in [3.05, 3.63) is 30.6 Å². The molecule has 154 valence electrons. The van der Waals surface area contributed by atoms with E-state index in [-0.39, 0.29) is 23.6 Å². The molecule has 1 amide bonds. The van der Waals surface area contributed by atoms with Gasteiger partial charge in [-0.15, -0.1) is 0 Å². The van der Waals surface area contributed by atoms with Crippen LogP contribution in [-0.2, 0) is 21.4 Å². The smallest absolute Gasteiger partial charge is 0.225 e. The SMILES string of the molecule is CCC(CC)C(=O)N1CCC(NS(=O)(=O)CCn2cnc3ccccc32)CC1. The van der Waals surface area contributed by atoms with Crippen molar-refractivity contribution in [2.24, 2.45) is 5.92 Å². The number of amides is 1. The number of aryl methyl sites for hydroxylation is 1. The highest BCUT2D eigenvalue weighted by atomic mass is 32.2. The number of rotatable bonds is 8. The molecule has 0 spiro atoms. The van der Waals surface area contributed by atoms with Gasteiger partial charge in [-0.05, 0) is 37.8 Å². The first kappa shape index (κ1) is 20.8. The second-order valence-corrected chi connectivity index (χ2v) is 9.35. The Bertz CT molecular complexity index is 897. The van der Waals surface area contributed by atoms with Gasteiger partial charge in [0.05, 0.1) is 23.1 Å². The lowest BCUT2D eigenvalue weighted by molar-refractivity contribution is -0.136. The van der Waals surface area contributed by atoms with Crippen LogP contribution in [0.3, 0.4) is 0 Å². The number of para-hydroxylation sites is 2. The zero-order valence-corrected chi connectivity index (χ0v) is 17.5. The molecular weight excluding hydrogens is 376 g/mol. The second-order valence-electron chi connectivity index (χ2n) is 7.48. The van der Waals surface area contributed by atoms with Crippen LogP contribution in [0.5, 0.6) is 0 Å². The number of nitrogens with one attached hydrogen (secondary N) is 1. The van der Waals surface area contributed by atoms with E-state index in [0.29, 0.717) is 32.5 Å². The number of imidazole rings is 1. The molecule has 1 aromatic carbocycles. The summed E-state index contributed by atoms with van der Waals surface area (Å²) >= 11 is 0. The Morgan fingerprint density at radius 2 is 1.89 bits per heavy atom. The van der Waals surface area contributed by atoms with Gasteiger partial charge in [0.2, 0.25) is 15.9 Å². The van der Waals surface area contributed by atoms with E-state index in [0.717, 1.165) is 23.9 Å². The molecule has 0 atom stereocenters. The third kappa shape index (κ3) is 4.91. The van der Waals surface area contributed by atoms with Crippen LogP contribution >= 0.6 is 0 Å². The van der Waals surface area contributed by atoms with Gasteiger partial charge in [0.1, 0.15) is 0 Å². The van der Waals surface area contributed by atoms with E-state index >= 15 is 0 Å². The number of piperidine rings is 1. The topological polar surface area (TPSA) is 84.3 Å². The van der Waals surface area contributed by atoms with Gasteiger partial charge in [0, 0.05) is 31.6 Å². The van der Waals surface area contributed by atoms with Crippen molar-refractivity contribution in [1.82, 2.24) is 19.2 Å². The Labute approximate surface area is 167 Å². The number of carbonyl (C=O) groups is 1. The summed E-state index contributed by atoms with van der Waals surface area (Å²) in [5.41, 5.74) is 1.80. The van der Waals surface area contributed by atoms with Crippen LogP contribution in [-0.4, -0.2) is 53.7 Å². The first-order valence-corrected chi connectivity index (χ1v) is 11.8. The lowest BCUT2D eigenvalue weighted by atomic mass is 9.99. The first-order valence-electron chi connectivity index (χ1n) is 10.1. The van der Waals surface area contributed by atoms with E-state index in [9.17, 15) is 13.2 Å². The first-order chi connectivity index (χ1) is 13.4. The highest BCUT2D eigenvalue weighted by Crippen LogP contribution is 2.18. The van der Waals surface area contributed by atoms with E-state index in [1.165, 1.54) is 0 Å². The summed E-state index contributed by atoms with van der Waals surface area (Å²) in [6.07, 6.45) is 4.72. The fourth-order valence-corrected chi connectivity index (χ4v) is 5.13. The molecule has 0 bridgehead atoms. The summed E-state index contributed by atoms with van der Waals surface area (Å²) in [7, 11) is -3.39. The molecular formula is C20H30N4O3S. The summed E-state index contributed by atoms with van der Waals surface area (Å²) in [5, 5.41) is 0. The number of sulfonamides is 1. The van der Waals surface area contributed by atoms with Crippen LogP contribution in [0, 0.1) is 5.92 Å². The van der Waals surface area contributed by atoms with Crippen LogP contribution in [0.15, 0.2) is 30.6 Å². The monoisotopic (exact) mass is 406 g/mol. The maximum atomic E-state index is 12.5. The number of nitrogens with zero attached hydrogens (tertiary/aromatic N) is 3. The number of fused-ring (bicyclic) bond motifs is 1. The van der Waals surface area contributed by atoms with Crippen LogP contribution in [0.4, 0.5) is 0 Å². The lowest BCUT2D eigenvalue weighted by Crippen LogP contribution is -2.48. The molecule has 7 nitrogen and oxygen atoms in total. The molecule has 1 N–H and O–H groups in total. The van der Waals surface area contributed by atoms with Gasteiger partial charge in [-0.2, -0.15) is 0 Å². The van der Waals surface area contributed by atoms with Crippen molar-refractivity contribution in [3.8, 4) is 0 Å². The number of hydrogen-bond acceptors (Lipinski definition) is 4. The zero-order valence-electron chi connectivity index (χ0n) is 16.7.